The molecule has 2 nitrogen and oxygen atoms in total. The van der Waals surface area contributed by atoms with Gasteiger partial charge in [-0.05, 0) is 67.8 Å². The summed E-state index contributed by atoms with van der Waals surface area (Å²) in [6.07, 6.45) is 5.12. The number of hydrogen-bond donors (Lipinski definition) is 1. The van der Waals surface area contributed by atoms with Crippen LogP contribution in [0.25, 0.3) is 0 Å². The van der Waals surface area contributed by atoms with Crippen LogP contribution in [0.5, 0.6) is 5.75 Å². The van der Waals surface area contributed by atoms with Crippen molar-refractivity contribution in [2.45, 2.75) is 45.4 Å². The molecule has 1 aliphatic carbocycles. The molecule has 1 N–H and O–H groups in total. The lowest BCUT2D eigenvalue weighted by atomic mass is 9.71. The molecular formula is C18H28ClNO. The van der Waals surface area contributed by atoms with Crippen LogP contribution < -0.4 is 10.1 Å². The molecule has 0 aromatic heterocycles. The van der Waals surface area contributed by atoms with E-state index in [1.807, 2.05) is 6.07 Å². The number of methoxy groups -OCH3 is 1. The smallest absolute Gasteiger partial charge is 0.137 e. The standard InChI is InChI=1S/C18H28ClNO/c1-4-9-20-12-15-6-5-13(2)10-16(15)14-7-8-17(19)18(11-14)21-3/h7-8,11,13,15-16,20H,4-6,9-10,12H2,1-3H3. The third-order valence-corrected chi connectivity index (χ3v) is 5.00. The Balaban J connectivity index is 2.15. The first-order valence-corrected chi connectivity index (χ1v) is 8.57. The first-order chi connectivity index (χ1) is 10.2. The molecule has 0 aliphatic heterocycles. The quantitative estimate of drug-likeness (QED) is 0.757. The largest absolute Gasteiger partial charge is 0.495 e. The van der Waals surface area contributed by atoms with E-state index in [2.05, 4.69) is 31.3 Å². The van der Waals surface area contributed by atoms with E-state index in [-0.39, 0.29) is 0 Å². The van der Waals surface area contributed by atoms with Crippen molar-refractivity contribution < 1.29 is 4.74 Å². The van der Waals surface area contributed by atoms with Gasteiger partial charge < -0.3 is 10.1 Å². The second-order valence-electron chi connectivity index (χ2n) is 6.38. The fraction of sp³-hybridized carbons (Fsp3) is 0.667. The van der Waals surface area contributed by atoms with Gasteiger partial charge in [0.1, 0.15) is 5.75 Å². The number of nitrogens with one attached hydrogen (secondary N) is 1. The van der Waals surface area contributed by atoms with Gasteiger partial charge in [-0.15, -0.1) is 0 Å². The van der Waals surface area contributed by atoms with E-state index in [1.54, 1.807) is 7.11 Å². The second-order valence-corrected chi connectivity index (χ2v) is 6.79. The Bertz CT molecular complexity index is 449. The second kappa shape index (κ2) is 8.05. The Kier molecular flexibility index (Phi) is 6.38. The van der Waals surface area contributed by atoms with Crippen molar-refractivity contribution in [2.75, 3.05) is 20.2 Å². The van der Waals surface area contributed by atoms with Crippen molar-refractivity contribution in [2.24, 2.45) is 11.8 Å². The lowest BCUT2D eigenvalue weighted by Gasteiger charge is -2.35. The number of rotatable bonds is 6. The van der Waals surface area contributed by atoms with E-state index in [0.717, 1.165) is 30.7 Å². The molecule has 0 heterocycles. The minimum Gasteiger partial charge on any atom is -0.495 e. The molecule has 0 radical (unpaired) electrons. The topological polar surface area (TPSA) is 21.3 Å². The van der Waals surface area contributed by atoms with E-state index in [0.29, 0.717) is 10.9 Å². The summed E-state index contributed by atoms with van der Waals surface area (Å²) in [5, 5.41) is 4.30. The van der Waals surface area contributed by atoms with Gasteiger partial charge >= 0.3 is 0 Å². The molecule has 0 spiro atoms. The van der Waals surface area contributed by atoms with Crippen molar-refractivity contribution in [1.82, 2.24) is 5.32 Å². The van der Waals surface area contributed by atoms with Gasteiger partial charge in [0.25, 0.3) is 0 Å². The normalized spacial score (nSPS) is 25.8. The lowest BCUT2D eigenvalue weighted by molar-refractivity contribution is 0.241. The molecule has 1 saturated carbocycles. The Morgan fingerprint density at radius 2 is 2.14 bits per heavy atom. The molecule has 1 aliphatic rings. The van der Waals surface area contributed by atoms with Crippen molar-refractivity contribution in [3.05, 3.63) is 28.8 Å². The predicted octanol–water partition coefficient (Wildman–Crippen LogP) is 4.87. The van der Waals surface area contributed by atoms with Gasteiger partial charge in [-0.2, -0.15) is 0 Å². The van der Waals surface area contributed by atoms with E-state index in [4.69, 9.17) is 16.3 Å². The molecule has 1 aromatic rings. The highest BCUT2D eigenvalue weighted by Gasteiger charge is 2.29. The number of halogens is 1. The third kappa shape index (κ3) is 4.37. The van der Waals surface area contributed by atoms with Gasteiger partial charge in [-0.1, -0.05) is 37.9 Å². The Morgan fingerprint density at radius 3 is 2.86 bits per heavy atom. The zero-order valence-corrected chi connectivity index (χ0v) is 14.2. The predicted molar refractivity (Wildman–Crippen MR) is 90.4 cm³/mol. The average Bonchev–Trinajstić information content (AvgIpc) is 2.49. The number of benzene rings is 1. The summed E-state index contributed by atoms with van der Waals surface area (Å²) in [5.74, 6) is 2.94. The highest BCUT2D eigenvalue weighted by molar-refractivity contribution is 6.32. The summed E-state index contributed by atoms with van der Waals surface area (Å²) < 4.78 is 5.39. The van der Waals surface area contributed by atoms with Crippen LogP contribution in [0.3, 0.4) is 0 Å². The van der Waals surface area contributed by atoms with Crippen LogP contribution in [0.2, 0.25) is 5.02 Å². The van der Waals surface area contributed by atoms with Crippen LogP contribution in [-0.2, 0) is 0 Å². The Labute approximate surface area is 134 Å². The molecule has 21 heavy (non-hydrogen) atoms. The summed E-state index contributed by atoms with van der Waals surface area (Å²) in [7, 11) is 1.69. The molecule has 118 valence electrons. The van der Waals surface area contributed by atoms with Crippen LogP contribution in [0.4, 0.5) is 0 Å². The average molecular weight is 310 g/mol. The van der Waals surface area contributed by atoms with Gasteiger partial charge in [0.2, 0.25) is 0 Å². The van der Waals surface area contributed by atoms with Gasteiger partial charge in [0, 0.05) is 0 Å². The molecule has 0 amide bonds. The van der Waals surface area contributed by atoms with E-state index in [1.165, 1.54) is 31.2 Å². The lowest BCUT2D eigenvalue weighted by Crippen LogP contribution is -2.32. The van der Waals surface area contributed by atoms with Crippen LogP contribution in [0, 0.1) is 11.8 Å². The van der Waals surface area contributed by atoms with Crippen molar-refractivity contribution in [3.8, 4) is 5.75 Å². The van der Waals surface area contributed by atoms with E-state index >= 15 is 0 Å². The Hall–Kier alpha value is -0.730. The monoisotopic (exact) mass is 309 g/mol. The highest BCUT2D eigenvalue weighted by Crippen LogP contribution is 2.42. The summed E-state index contributed by atoms with van der Waals surface area (Å²) in [4.78, 5) is 0. The third-order valence-electron chi connectivity index (χ3n) is 4.69. The molecule has 0 saturated heterocycles. The van der Waals surface area contributed by atoms with Crippen molar-refractivity contribution in [1.29, 1.82) is 0 Å². The van der Waals surface area contributed by atoms with Crippen molar-refractivity contribution >= 4 is 11.6 Å². The Morgan fingerprint density at radius 1 is 1.33 bits per heavy atom. The molecule has 3 atom stereocenters. The zero-order chi connectivity index (χ0) is 15.2. The summed E-state index contributed by atoms with van der Waals surface area (Å²) in [6.45, 7) is 6.83. The molecule has 1 fully saturated rings. The summed E-state index contributed by atoms with van der Waals surface area (Å²) >= 11 is 6.17. The fourth-order valence-electron chi connectivity index (χ4n) is 3.47. The molecule has 3 heteroatoms. The fourth-order valence-corrected chi connectivity index (χ4v) is 3.66. The minimum absolute atomic E-state index is 0.615. The van der Waals surface area contributed by atoms with E-state index < -0.39 is 0 Å². The van der Waals surface area contributed by atoms with Gasteiger partial charge in [-0.3, -0.25) is 0 Å². The van der Waals surface area contributed by atoms with Crippen LogP contribution in [0.15, 0.2) is 18.2 Å². The summed E-state index contributed by atoms with van der Waals surface area (Å²) in [6, 6.07) is 6.30. The maximum atomic E-state index is 6.17. The zero-order valence-electron chi connectivity index (χ0n) is 13.5. The SMILES string of the molecule is CCCNCC1CCC(C)CC1c1ccc(Cl)c(OC)c1. The van der Waals surface area contributed by atoms with E-state index in [9.17, 15) is 0 Å². The minimum atomic E-state index is 0.615. The van der Waals surface area contributed by atoms with Crippen LogP contribution >= 0.6 is 11.6 Å². The maximum absolute atomic E-state index is 6.17. The van der Waals surface area contributed by atoms with Gasteiger partial charge in [-0.25, -0.2) is 0 Å². The van der Waals surface area contributed by atoms with Crippen LogP contribution in [0.1, 0.15) is 51.0 Å². The molecule has 0 bridgehead atoms. The molecule has 1 aromatic carbocycles. The maximum Gasteiger partial charge on any atom is 0.137 e. The first kappa shape index (κ1) is 16.6. The van der Waals surface area contributed by atoms with Gasteiger partial charge in [0.05, 0.1) is 12.1 Å². The van der Waals surface area contributed by atoms with Crippen molar-refractivity contribution in [3.63, 3.8) is 0 Å². The first-order valence-electron chi connectivity index (χ1n) is 8.19. The summed E-state index contributed by atoms with van der Waals surface area (Å²) in [5.41, 5.74) is 1.38. The number of ether oxygens (including phenoxy) is 1. The molecular weight excluding hydrogens is 282 g/mol. The molecule has 3 unspecified atom stereocenters. The van der Waals surface area contributed by atoms with Crippen LogP contribution in [-0.4, -0.2) is 20.2 Å². The van der Waals surface area contributed by atoms with Gasteiger partial charge in [0.15, 0.2) is 0 Å². The number of hydrogen-bond acceptors (Lipinski definition) is 2. The molecule has 2 rings (SSSR count). The highest BCUT2D eigenvalue weighted by atomic mass is 35.5.